The molecule has 7 nitrogen and oxygen atoms in total. The number of aryl methyl sites for hydroxylation is 2. The summed E-state index contributed by atoms with van der Waals surface area (Å²) in [4.78, 5) is 14.3. The first kappa shape index (κ1) is 19.9. The summed E-state index contributed by atoms with van der Waals surface area (Å²) >= 11 is 6.02. The molecule has 0 radical (unpaired) electrons. The Bertz CT molecular complexity index is 922. The molecule has 1 aliphatic heterocycles. The second-order valence-electron chi connectivity index (χ2n) is 6.69. The smallest absolute Gasteiger partial charge is 0.242 e. The van der Waals surface area contributed by atoms with Crippen molar-refractivity contribution in [3.05, 3.63) is 46.3 Å². The molecule has 146 valence electrons. The first-order valence-corrected chi connectivity index (χ1v) is 10.6. The maximum Gasteiger partial charge on any atom is 0.242 e. The molecule has 2 aromatic rings. The maximum absolute atomic E-state index is 12.6. The van der Waals surface area contributed by atoms with E-state index in [4.69, 9.17) is 16.1 Å². The lowest BCUT2D eigenvalue weighted by molar-refractivity contribution is -0.131. The van der Waals surface area contributed by atoms with Gasteiger partial charge < -0.3 is 9.42 Å². The van der Waals surface area contributed by atoms with Crippen molar-refractivity contribution >= 4 is 27.5 Å². The average Bonchev–Trinajstić information content (AvgIpc) is 2.83. The van der Waals surface area contributed by atoms with E-state index in [9.17, 15) is 13.2 Å². The zero-order chi connectivity index (χ0) is 19.6. The van der Waals surface area contributed by atoms with Crippen molar-refractivity contribution < 1.29 is 17.7 Å². The Balaban J connectivity index is 1.69. The van der Waals surface area contributed by atoms with E-state index in [1.54, 1.807) is 17.0 Å². The van der Waals surface area contributed by atoms with E-state index in [1.807, 2.05) is 13.8 Å². The number of sulfonamides is 1. The molecule has 0 aliphatic carbocycles. The Morgan fingerprint density at radius 2 is 2.04 bits per heavy atom. The van der Waals surface area contributed by atoms with Crippen LogP contribution >= 0.6 is 11.6 Å². The SMILES string of the molecule is Cc1noc(C)c1CN1CCC(NS(=O)(=O)c2ccccc2Cl)CCC1=O. The van der Waals surface area contributed by atoms with Crippen molar-refractivity contribution in [1.29, 1.82) is 0 Å². The van der Waals surface area contributed by atoms with Gasteiger partial charge in [-0.15, -0.1) is 0 Å². The molecule has 27 heavy (non-hydrogen) atoms. The molecule has 1 aromatic heterocycles. The summed E-state index contributed by atoms with van der Waals surface area (Å²) < 4.78 is 33.1. The number of nitrogens with zero attached hydrogens (tertiary/aromatic N) is 2. The van der Waals surface area contributed by atoms with Crippen molar-refractivity contribution in [1.82, 2.24) is 14.8 Å². The summed E-state index contributed by atoms with van der Waals surface area (Å²) in [5.41, 5.74) is 1.67. The number of halogens is 1. The molecule has 3 rings (SSSR count). The molecule has 1 N–H and O–H groups in total. The lowest BCUT2D eigenvalue weighted by Gasteiger charge is -2.21. The van der Waals surface area contributed by atoms with Crippen LogP contribution in [0.3, 0.4) is 0 Å². The van der Waals surface area contributed by atoms with Gasteiger partial charge in [-0.1, -0.05) is 28.9 Å². The minimum absolute atomic E-state index is 0.00515. The monoisotopic (exact) mass is 411 g/mol. The van der Waals surface area contributed by atoms with Crippen LogP contribution in [0.4, 0.5) is 0 Å². The second-order valence-corrected chi connectivity index (χ2v) is 8.78. The Morgan fingerprint density at radius 3 is 2.70 bits per heavy atom. The number of rotatable bonds is 5. The van der Waals surface area contributed by atoms with Gasteiger partial charge in [-0.05, 0) is 38.8 Å². The molecule has 9 heteroatoms. The first-order chi connectivity index (χ1) is 12.8. The van der Waals surface area contributed by atoms with E-state index in [0.717, 1.165) is 11.3 Å². The van der Waals surface area contributed by atoms with Gasteiger partial charge in [0.05, 0.1) is 17.3 Å². The van der Waals surface area contributed by atoms with Crippen molar-refractivity contribution in [3.8, 4) is 0 Å². The van der Waals surface area contributed by atoms with E-state index >= 15 is 0 Å². The van der Waals surface area contributed by atoms with E-state index in [1.165, 1.54) is 12.1 Å². The number of hydrogen-bond donors (Lipinski definition) is 1. The number of aromatic nitrogens is 1. The fraction of sp³-hybridized carbons (Fsp3) is 0.444. The lowest BCUT2D eigenvalue weighted by Crippen LogP contribution is -2.36. The summed E-state index contributed by atoms with van der Waals surface area (Å²) in [5.74, 6) is 0.690. The van der Waals surface area contributed by atoms with Crippen molar-refractivity contribution in [3.63, 3.8) is 0 Å². The Labute approximate surface area is 163 Å². The standard InChI is InChI=1S/C18H22ClN3O4S/c1-12-15(13(2)26-20-12)11-22-10-9-14(7-8-18(22)23)21-27(24,25)17-6-4-3-5-16(17)19/h3-6,14,21H,7-11H2,1-2H3. The normalized spacial score (nSPS) is 18.6. The van der Waals surface area contributed by atoms with Gasteiger partial charge in [0.25, 0.3) is 0 Å². The number of carbonyl (C=O) groups excluding carboxylic acids is 1. The average molecular weight is 412 g/mol. The van der Waals surface area contributed by atoms with Crippen LogP contribution in [-0.2, 0) is 21.4 Å². The largest absolute Gasteiger partial charge is 0.361 e. The topological polar surface area (TPSA) is 92.5 Å². The van der Waals surface area contributed by atoms with E-state index < -0.39 is 10.0 Å². The van der Waals surface area contributed by atoms with E-state index in [0.29, 0.717) is 31.7 Å². The first-order valence-electron chi connectivity index (χ1n) is 8.74. The van der Waals surface area contributed by atoms with Crippen LogP contribution in [0.15, 0.2) is 33.7 Å². The molecule has 0 saturated carbocycles. The number of amides is 1. The van der Waals surface area contributed by atoms with Crippen LogP contribution in [-0.4, -0.2) is 37.0 Å². The van der Waals surface area contributed by atoms with Gasteiger partial charge in [-0.2, -0.15) is 0 Å². The van der Waals surface area contributed by atoms with Gasteiger partial charge in [0.1, 0.15) is 10.7 Å². The summed E-state index contributed by atoms with van der Waals surface area (Å²) in [6.45, 7) is 4.54. The highest BCUT2D eigenvalue weighted by molar-refractivity contribution is 7.89. The van der Waals surface area contributed by atoms with Crippen molar-refractivity contribution in [2.24, 2.45) is 0 Å². The van der Waals surface area contributed by atoms with Gasteiger partial charge in [0.2, 0.25) is 15.9 Å². The molecule has 0 bridgehead atoms. The molecular formula is C18H22ClN3O4S. The molecule has 1 amide bonds. The number of benzene rings is 1. The van der Waals surface area contributed by atoms with Crippen molar-refractivity contribution in [2.45, 2.75) is 50.6 Å². The Hall–Kier alpha value is -1.90. The van der Waals surface area contributed by atoms with Gasteiger partial charge >= 0.3 is 0 Å². The van der Waals surface area contributed by atoms with Gasteiger partial charge in [0.15, 0.2) is 0 Å². The molecule has 1 unspecified atom stereocenters. The second kappa shape index (κ2) is 8.00. The third-order valence-corrected chi connectivity index (χ3v) is 6.81. The number of hydrogen-bond acceptors (Lipinski definition) is 5. The van der Waals surface area contributed by atoms with Gasteiger partial charge in [0, 0.05) is 24.6 Å². The third-order valence-electron chi connectivity index (χ3n) is 4.79. The highest BCUT2D eigenvalue weighted by atomic mass is 35.5. The quantitative estimate of drug-likeness (QED) is 0.816. The fourth-order valence-corrected chi connectivity index (χ4v) is 5.01. The van der Waals surface area contributed by atoms with E-state index in [-0.39, 0.29) is 28.3 Å². The molecule has 1 aromatic carbocycles. The Morgan fingerprint density at radius 1 is 1.30 bits per heavy atom. The number of likely N-dealkylation sites (tertiary alicyclic amines) is 1. The minimum Gasteiger partial charge on any atom is -0.361 e. The summed E-state index contributed by atoms with van der Waals surface area (Å²) in [6, 6.07) is 5.99. The predicted molar refractivity (Wildman–Crippen MR) is 101 cm³/mol. The van der Waals surface area contributed by atoms with E-state index in [2.05, 4.69) is 9.88 Å². The number of carbonyl (C=O) groups is 1. The predicted octanol–water partition coefficient (Wildman–Crippen LogP) is 2.80. The fourth-order valence-electron chi connectivity index (χ4n) is 3.19. The van der Waals surface area contributed by atoms with Crippen LogP contribution in [0.2, 0.25) is 5.02 Å². The highest BCUT2D eigenvalue weighted by Gasteiger charge is 2.28. The van der Waals surface area contributed by atoms with Gasteiger partial charge in [-0.3, -0.25) is 4.79 Å². The molecule has 1 saturated heterocycles. The molecule has 1 atom stereocenters. The lowest BCUT2D eigenvalue weighted by atomic mass is 10.1. The van der Waals surface area contributed by atoms with Crippen molar-refractivity contribution in [2.75, 3.05) is 6.54 Å². The molecule has 1 fully saturated rings. The molecular weight excluding hydrogens is 390 g/mol. The minimum atomic E-state index is -3.74. The Kier molecular flexibility index (Phi) is 5.88. The highest BCUT2D eigenvalue weighted by Crippen LogP contribution is 2.23. The van der Waals surface area contributed by atoms with Crippen LogP contribution in [0.1, 0.15) is 36.3 Å². The summed E-state index contributed by atoms with van der Waals surface area (Å²) in [7, 11) is -3.74. The summed E-state index contributed by atoms with van der Waals surface area (Å²) in [6.07, 6.45) is 1.25. The third kappa shape index (κ3) is 4.51. The van der Waals surface area contributed by atoms with Crippen LogP contribution < -0.4 is 4.72 Å². The van der Waals surface area contributed by atoms with Crippen LogP contribution in [0, 0.1) is 13.8 Å². The maximum atomic E-state index is 12.6. The zero-order valence-electron chi connectivity index (χ0n) is 15.2. The van der Waals surface area contributed by atoms with Crippen LogP contribution in [0.25, 0.3) is 0 Å². The molecule has 1 aliphatic rings. The van der Waals surface area contributed by atoms with Gasteiger partial charge in [-0.25, -0.2) is 13.1 Å². The zero-order valence-corrected chi connectivity index (χ0v) is 16.8. The molecule has 2 heterocycles. The van der Waals surface area contributed by atoms with Crippen LogP contribution in [0.5, 0.6) is 0 Å². The summed E-state index contributed by atoms with van der Waals surface area (Å²) in [5, 5.41) is 4.09. The number of nitrogens with one attached hydrogen (secondary N) is 1. The molecule has 0 spiro atoms.